The van der Waals surface area contributed by atoms with Crippen LogP contribution in [-0.2, 0) is 9.47 Å². The van der Waals surface area contributed by atoms with Crippen LogP contribution in [0, 0.1) is 0 Å². The van der Waals surface area contributed by atoms with Crippen molar-refractivity contribution in [2.45, 2.75) is 12.8 Å². The molecule has 2 fully saturated rings. The second-order valence-electron chi connectivity index (χ2n) is 5.61. The maximum atomic E-state index is 11.7. The number of hydrogen-bond acceptors (Lipinski definition) is 5. The Kier molecular flexibility index (Phi) is 4.68. The number of nitrogens with one attached hydrogen (secondary N) is 1. The van der Waals surface area contributed by atoms with Crippen molar-refractivity contribution in [2.24, 2.45) is 0 Å². The van der Waals surface area contributed by atoms with Gasteiger partial charge < -0.3 is 19.3 Å². The lowest BCUT2D eigenvalue weighted by Gasteiger charge is -2.31. The molecule has 120 valence electrons. The lowest BCUT2D eigenvalue weighted by Crippen LogP contribution is -2.36. The summed E-state index contributed by atoms with van der Waals surface area (Å²) in [5.74, 6) is 0. The standard InChI is InChI=1S/C16H23N3O3/c1-21-16(20)17-14-12-13(18-6-2-3-7-18)4-5-15(14)19-8-10-22-11-9-19/h4-5,12H,2-3,6-11H2,1H3,(H,17,20). The van der Waals surface area contributed by atoms with Crippen LogP contribution in [0.5, 0.6) is 0 Å². The highest BCUT2D eigenvalue weighted by Crippen LogP contribution is 2.32. The molecule has 2 aliphatic heterocycles. The van der Waals surface area contributed by atoms with Gasteiger partial charge in [-0.05, 0) is 31.0 Å². The number of carbonyl (C=O) groups is 1. The summed E-state index contributed by atoms with van der Waals surface area (Å²) < 4.78 is 10.2. The number of carbonyl (C=O) groups excluding carboxylic acids is 1. The molecule has 6 nitrogen and oxygen atoms in total. The number of morpholine rings is 1. The highest BCUT2D eigenvalue weighted by Gasteiger charge is 2.19. The molecule has 1 aromatic rings. The minimum atomic E-state index is -0.437. The monoisotopic (exact) mass is 305 g/mol. The van der Waals surface area contributed by atoms with E-state index in [4.69, 9.17) is 9.47 Å². The van der Waals surface area contributed by atoms with Crippen LogP contribution in [0.1, 0.15) is 12.8 Å². The van der Waals surface area contributed by atoms with Gasteiger partial charge in [-0.25, -0.2) is 4.79 Å². The molecule has 0 radical (unpaired) electrons. The van der Waals surface area contributed by atoms with E-state index in [2.05, 4.69) is 27.2 Å². The first-order valence-electron chi connectivity index (χ1n) is 7.84. The number of amides is 1. The first kappa shape index (κ1) is 15.0. The van der Waals surface area contributed by atoms with E-state index in [1.165, 1.54) is 20.0 Å². The molecule has 0 saturated carbocycles. The first-order valence-corrected chi connectivity index (χ1v) is 7.84. The molecule has 2 aliphatic rings. The van der Waals surface area contributed by atoms with Crippen molar-refractivity contribution in [2.75, 3.05) is 61.6 Å². The molecule has 0 unspecified atom stereocenters. The summed E-state index contributed by atoms with van der Waals surface area (Å²) >= 11 is 0. The van der Waals surface area contributed by atoms with Crippen molar-refractivity contribution in [3.8, 4) is 0 Å². The van der Waals surface area contributed by atoms with Crippen molar-refractivity contribution in [1.29, 1.82) is 0 Å². The summed E-state index contributed by atoms with van der Waals surface area (Å²) in [7, 11) is 1.38. The molecule has 2 heterocycles. The first-order chi connectivity index (χ1) is 10.8. The quantitative estimate of drug-likeness (QED) is 0.928. The number of nitrogens with zero attached hydrogens (tertiary/aromatic N) is 2. The van der Waals surface area contributed by atoms with Crippen molar-refractivity contribution < 1.29 is 14.3 Å². The number of benzene rings is 1. The van der Waals surface area contributed by atoms with E-state index in [1.807, 2.05) is 6.07 Å². The Morgan fingerprint density at radius 2 is 1.86 bits per heavy atom. The van der Waals surface area contributed by atoms with E-state index in [9.17, 15) is 4.79 Å². The third kappa shape index (κ3) is 3.27. The third-order valence-corrected chi connectivity index (χ3v) is 4.23. The summed E-state index contributed by atoms with van der Waals surface area (Å²) in [6, 6.07) is 6.27. The van der Waals surface area contributed by atoms with Gasteiger partial charge in [0.1, 0.15) is 0 Å². The van der Waals surface area contributed by atoms with Crippen LogP contribution < -0.4 is 15.1 Å². The number of methoxy groups -OCH3 is 1. The van der Waals surface area contributed by atoms with Crippen LogP contribution in [-0.4, -0.2) is 52.6 Å². The Morgan fingerprint density at radius 3 is 2.55 bits per heavy atom. The zero-order chi connectivity index (χ0) is 15.4. The molecule has 1 amide bonds. The van der Waals surface area contributed by atoms with Gasteiger partial charge in [0.15, 0.2) is 0 Å². The molecular weight excluding hydrogens is 282 g/mol. The summed E-state index contributed by atoms with van der Waals surface area (Å²) in [5, 5.41) is 2.85. The van der Waals surface area contributed by atoms with Crippen molar-refractivity contribution in [3.05, 3.63) is 18.2 Å². The lowest BCUT2D eigenvalue weighted by atomic mass is 10.2. The smallest absolute Gasteiger partial charge is 0.411 e. The largest absolute Gasteiger partial charge is 0.453 e. The molecule has 1 aromatic carbocycles. The van der Waals surface area contributed by atoms with Gasteiger partial charge in [0.25, 0.3) is 0 Å². The molecule has 0 atom stereocenters. The van der Waals surface area contributed by atoms with Crippen LogP contribution >= 0.6 is 0 Å². The van der Waals surface area contributed by atoms with Gasteiger partial charge in [-0.15, -0.1) is 0 Å². The van der Waals surface area contributed by atoms with Crippen molar-refractivity contribution in [1.82, 2.24) is 0 Å². The van der Waals surface area contributed by atoms with E-state index in [0.717, 1.165) is 43.2 Å². The summed E-state index contributed by atoms with van der Waals surface area (Å²) in [6.07, 6.45) is 2.02. The summed E-state index contributed by atoms with van der Waals surface area (Å²) in [4.78, 5) is 16.3. The van der Waals surface area contributed by atoms with Crippen LogP contribution in [0.25, 0.3) is 0 Å². The van der Waals surface area contributed by atoms with E-state index in [0.29, 0.717) is 13.2 Å². The SMILES string of the molecule is COC(=O)Nc1cc(N2CCCC2)ccc1N1CCOCC1. The van der Waals surface area contributed by atoms with Gasteiger partial charge >= 0.3 is 6.09 Å². The molecule has 0 spiro atoms. The molecule has 3 rings (SSSR count). The molecule has 0 aromatic heterocycles. The Hall–Kier alpha value is -1.95. The van der Waals surface area contributed by atoms with Gasteiger partial charge in [0, 0.05) is 31.9 Å². The molecule has 1 N–H and O–H groups in total. The normalized spacial score (nSPS) is 18.4. The molecule has 6 heteroatoms. The van der Waals surface area contributed by atoms with Crippen LogP contribution in [0.2, 0.25) is 0 Å². The molecule has 0 aliphatic carbocycles. The Morgan fingerprint density at radius 1 is 1.14 bits per heavy atom. The van der Waals surface area contributed by atoms with Crippen molar-refractivity contribution in [3.63, 3.8) is 0 Å². The Balaban J connectivity index is 1.87. The fraction of sp³-hybridized carbons (Fsp3) is 0.562. The zero-order valence-electron chi connectivity index (χ0n) is 13.0. The molecule has 2 saturated heterocycles. The van der Waals surface area contributed by atoms with Crippen LogP contribution in [0.4, 0.5) is 21.9 Å². The minimum Gasteiger partial charge on any atom is -0.453 e. The fourth-order valence-corrected chi connectivity index (χ4v) is 3.04. The van der Waals surface area contributed by atoms with Gasteiger partial charge in [0.2, 0.25) is 0 Å². The average molecular weight is 305 g/mol. The highest BCUT2D eigenvalue weighted by molar-refractivity contribution is 5.91. The van der Waals surface area contributed by atoms with E-state index >= 15 is 0 Å². The predicted octanol–water partition coefficient (Wildman–Crippen LogP) is 2.30. The zero-order valence-corrected chi connectivity index (χ0v) is 13.0. The lowest BCUT2D eigenvalue weighted by molar-refractivity contribution is 0.123. The van der Waals surface area contributed by atoms with E-state index in [-0.39, 0.29) is 0 Å². The maximum Gasteiger partial charge on any atom is 0.411 e. The molecule has 22 heavy (non-hydrogen) atoms. The van der Waals surface area contributed by atoms with Gasteiger partial charge in [-0.2, -0.15) is 0 Å². The number of ether oxygens (including phenoxy) is 2. The molecular formula is C16H23N3O3. The number of rotatable bonds is 3. The minimum absolute atomic E-state index is 0.437. The average Bonchev–Trinajstić information content (AvgIpc) is 3.10. The highest BCUT2D eigenvalue weighted by atomic mass is 16.5. The number of anilines is 3. The van der Waals surface area contributed by atoms with Gasteiger partial charge in [-0.1, -0.05) is 0 Å². The summed E-state index contributed by atoms with van der Waals surface area (Å²) in [6.45, 7) is 5.25. The number of hydrogen-bond donors (Lipinski definition) is 1. The molecule has 0 bridgehead atoms. The Labute approximate surface area is 131 Å². The third-order valence-electron chi connectivity index (χ3n) is 4.23. The topological polar surface area (TPSA) is 54.0 Å². The van der Waals surface area contributed by atoms with Gasteiger partial charge in [0.05, 0.1) is 31.7 Å². The van der Waals surface area contributed by atoms with Crippen LogP contribution in [0.15, 0.2) is 18.2 Å². The fourth-order valence-electron chi connectivity index (χ4n) is 3.04. The predicted molar refractivity (Wildman–Crippen MR) is 86.9 cm³/mol. The maximum absolute atomic E-state index is 11.7. The Bertz CT molecular complexity index is 523. The van der Waals surface area contributed by atoms with E-state index in [1.54, 1.807) is 0 Å². The second kappa shape index (κ2) is 6.87. The summed E-state index contributed by atoms with van der Waals surface area (Å²) in [5.41, 5.74) is 2.98. The van der Waals surface area contributed by atoms with E-state index < -0.39 is 6.09 Å². The second-order valence-corrected chi connectivity index (χ2v) is 5.61. The van der Waals surface area contributed by atoms with Gasteiger partial charge in [-0.3, -0.25) is 5.32 Å². The van der Waals surface area contributed by atoms with Crippen molar-refractivity contribution >= 4 is 23.2 Å². The van der Waals surface area contributed by atoms with Crippen LogP contribution in [0.3, 0.4) is 0 Å².